The molecule has 4 aromatic heterocycles. The molecular formula is C45H58Cl6N10O5. The van der Waals surface area contributed by atoms with Crippen LogP contribution in [0.3, 0.4) is 0 Å². The Morgan fingerprint density at radius 3 is 1.55 bits per heavy atom. The van der Waals surface area contributed by atoms with E-state index >= 15 is 0 Å². The molecule has 0 saturated carbocycles. The molecular weight excluding hydrogens is 973 g/mol. The minimum Gasteiger partial charge on any atom is -0.449 e. The molecule has 6 aromatic rings. The highest BCUT2D eigenvalue weighted by Gasteiger charge is 2.26. The van der Waals surface area contributed by atoms with Gasteiger partial charge in [-0.2, -0.15) is 0 Å². The van der Waals surface area contributed by atoms with Gasteiger partial charge in [0.1, 0.15) is 28.5 Å². The first kappa shape index (κ1) is 57.6. The average molecular weight is 1030 g/mol. The number of fused-ring (bicyclic) bond motifs is 2. The van der Waals surface area contributed by atoms with E-state index in [-0.39, 0.29) is 73.2 Å². The predicted molar refractivity (Wildman–Crippen MR) is 276 cm³/mol. The summed E-state index contributed by atoms with van der Waals surface area (Å²) in [6, 6.07) is 22.2. The molecule has 0 aliphatic carbocycles. The number of likely N-dealkylation sites (tertiary alicyclic amines) is 2. The topological polar surface area (TPSA) is 210 Å². The summed E-state index contributed by atoms with van der Waals surface area (Å²) in [5, 5.41) is 13.4. The number of pyridine rings is 2. The zero-order valence-corrected chi connectivity index (χ0v) is 41.7. The molecule has 2 aliphatic rings. The lowest BCUT2D eigenvalue weighted by Gasteiger charge is -2.34. The van der Waals surface area contributed by atoms with Crippen LogP contribution in [0.2, 0.25) is 10.0 Å². The van der Waals surface area contributed by atoms with Crippen molar-refractivity contribution in [1.29, 1.82) is 0 Å². The number of amides is 4. The third-order valence-corrected chi connectivity index (χ3v) is 11.2. The normalized spacial score (nSPS) is 14.2. The zero-order valence-electron chi connectivity index (χ0n) is 36.9. The second kappa shape index (κ2) is 27.3. The number of nitrogen functional groups attached to an aromatic ring is 1. The number of furan rings is 2. The highest BCUT2D eigenvalue weighted by atomic mass is 35.5. The minimum absolute atomic E-state index is 0. The molecule has 0 spiro atoms. The molecule has 8 N–H and O–H groups in total. The molecule has 2 saturated heterocycles. The van der Waals surface area contributed by atoms with E-state index in [1.54, 1.807) is 54.6 Å². The maximum atomic E-state index is 12.9. The Hall–Kier alpha value is -4.55. The van der Waals surface area contributed by atoms with Crippen LogP contribution < -0.4 is 32.7 Å². The van der Waals surface area contributed by atoms with Gasteiger partial charge in [0.25, 0.3) is 11.8 Å². The fraction of sp³-hybridized carbons (Fsp3) is 0.356. The number of carbonyl (C=O) groups excluding carboxylic acids is 3. The molecule has 2 fully saturated rings. The van der Waals surface area contributed by atoms with Crippen LogP contribution in [0.5, 0.6) is 0 Å². The molecule has 0 bridgehead atoms. The highest BCUT2D eigenvalue weighted by Crippen LogP contribution is 2.32. The Balaban J connectivity index is 0.000000377. The van der Waals surface area contributed by atoms with Crippen molar-refractivity contribution in [3.8, 4) is 0 Å². The van der Waals surface area contributed by atoms with Crippen molar-refractivity contribution in [3.63, 3.8) is 0 Å². The third-order valence-electron chi connectivity index (χ3n) is 10.7. The first-order valence-electron chi connectivity index (χ1n) is 20.7. The van der Waals surface area contributed by atoms with E-state index in [1.165, 1.54) is 38.3 Å². The summed E-state index contributed by atoms with van der Waals surface area (Å²) >= 11 is 11.6. The minimum atomic E-state index is -0.517. The number of para-hydroxylation sites is 2. The number of urea groups is 1. The molecule has 4 amide bonds. The second-order valence-electron chi connectivity index (χ2n) is 15.7. The second-order valence-corrected chi connectivity index (χ2v) is 16.6. The van der Waals surface area contributed by atoms with Crippen molar-refractivity contribution in [2.75, 3.05) is 47.9 Å². The number of piperidine rings is 2. The first-order chi connectivity index (χ1) is 29.7. The van der Waals surface area contributed by atoms with Gasteiger partial charge in [-0.25, -0.2) is 14.8 Å². The lowest BCUT2D eigenvalue weighted by molar-refractivity contribution is 0.0992. The lowest BCUT2D eigenvalue weighted by Crippen LogP contribution is -2.47. The van der Waals surface area contributed by atoms with Crippen LogP contribution in [-0.2, 0) is 0 Å². The number of nitrogens with one attached hydrogen (secondary N) is 4. The van der Waals surface area contributed by atoms with Crippen LogP contribution in [0.15, 0.2) is 94.0 Å². The van der Waals surface area contributed by atoms with Gasteiger partial charge in [0.15, 0.2) is 0 Å². The third kappa shape index (κ3) is 15.8. The summed E-state index contributed by atoms with van der Waals surface area (Å²) in [7, 11) is 0. The zero-order chi connectivity index (χ0) is 44.3. The van der Waals surface area contributed by atoms with Crippen LogP contribution in [0.1, 0.15) is 74.5 Å². The summed E-state index contributed by atoms with van der Waals surface area (Å²) in [5.74, 6) is -0.188. The van der Waals surface area contributed by atoms with Crippen LogP contribution in [0.25, 0.3) is 21.9 Å². The molecule has 6 heterocycles. The maximum absolute atomic E-state index is 12.9. The Morgan fingerprint density at radius 2 is 1.08 bits per heavy atom. The fourth-order valence-electron chi connectivity index (χ4n) is 7.14. The Bertz CT molecular complexity index is 2440. The molecule has 8 rings (SSSR count). The molecule has 360 valence electrons. The van der Waals surface area contributed by atoms with E-state index in [4.69, 9.17) is 43.5 Å². The Labute approximate surface area is 419 Å². The van der Waals surface area contributed by atoms with E-state index in [2.05, 4.69) is 68.7 Å². The number of hydrogen-bond acceptors (Lipinski definition) is 11. The van der Waals surface area contributed by atoms with E-state index in [0.717, 1.165) is 25.9 Å². The van der Waals surface area contributed by atoms with E-state index in [1.807, 2.05) is 18.2 Å². The number of nitrogens with zero attached hydrogens (tertiary/aromatic N) is 4. The maximum Gasteiger partial charge on any atom is 0.319 e. The van der Waals surface area contributed by atoms with Gasteiger partial charge in [0.2, 0.25) is 11.5 Å². The molecule has 15 nitrogen and oxygen atoms in total. The van der Waals surface area contributed by atoms with Gasteiger partial charge in [0.05, 0.1) is 15.7 Å². The number of aromatic nitrogens is 2. The fourth-order valence-corrected chi connectivity index (χ4v) is 7.36. The van der Waals surface area contributed by atoms with Gasteiger partial charge in [-0.15, -0.1) is 49.6 Å². The summed E-state index contributed by atoms with van der Waals surface area (Å²) in [4.78, 5) is 50.8. The number of carbonyl (C=O) groups is 3. The number of benzene rings is 2. The van der Waals surface area contributed by atoms with Crippen molar-refractivity contribution in [2.45, 2.75) is 77.5 Å². The average Bonchev–Trinajstić information content (AvgIpc) is 3.80. The molecule has 0 atom stereocenters. The first-order valence-corrected chi connectivity index (χ1v) is 21.5. The van der Waals surface area contributed by atoms with Gasteiger partial charge < -0.3 is 51.4 Å². The largest absolute Gasteiger partial charge is 0.449 e. The Kier molecular flexibility index (Phi) is 23.8. The van der Waals surface area contributed by atoms with Crippen molar-refractivity contribution in [2.24, 2.45) is 5.73 Å². The summed E-state index contributed by atoms with van der Waals surface area (Å²) in [5.41, 5.74) is 13.4. The van der Waals surface area contributed by atoms with Crippen molar-refractivity contribution >= 4 is 136 Å². The van der Waals surface area contributed by atoms with Gasteiger partial charge in [-0.05, 0) is 115 Å². The van der Waals surface area contributed by atoms with Crippen molar-refractivity contribution in [3.05, 3.63) is 107 Å². The molecule has 2 aliphatic heterocycles. The van der Waals surface area contributed by atoms with Crippen molar-refractivity contribution in [1.82, 2.24) is 25.1 Å². The monoisotopic (exact) mass is 1030 g/mol. The van der Waals surface area contributed by atoms with Gasteiger partial charge in [0, 0.05) is 60.4 Å². The van der Waals surface area contributed by atoms with Gasteiger partial charge in [-0.3, -0.25) is 9.59 Å². The number of anilines is 4. The van der Waals surface area contributed by atoms with Crippen LogP contribution in [-0.4, -0.2) is 88.0 Å². The molecule has 21 heteroatoms. The quantitative estimate of drug-likeness (QED) is 0.0845. The Morgan fingerprint density at radius 1 is 0.636 bits per heavy atom. The summed E-state index contributed by atoms with van der Waals surface area (Å²) in [6.07, 6.45) is 7.00. The predicted octanol–water partition coefficient (Wildman–Crippen LogP) is 10.5. The number of hydrogen-bond donors (Lipinski definition) is 6. The van der Waals surface area contributed by atoms with Gasteiger partial charge >= 0.3 is 6.03 Å². The van der Waals surface area contributed by atoms with E-state index in [0.29, 0.717) is 73.1 Å². The smallest absolute Gasteiger partial charge is 0.319 e. The molecule has 0 unspecified atom stereocenters. The van der Waals surface area contributed by atoms with Crippen LogP contribution >= 0.6 is 72.8 Å². The summed E-state index contributed by atoms with van der Waals surface area (Å²) < 4.78 is 11.2. The number of rotatable bonds is 8. The highest BCUT2D eigenvalue weighted by molar-refractivity contribution is 6.30. The number of halogens is 6. The van der Waals surface area contributed by atoms with E-state index < -0.39 is 11.8 Å². The van der Waals surface area contributed by atoms with E-state index in [9.17, 15) is 14.4 Å². The molecule has 2 aromatic carbocycles. The van der Waals surface area contributed by atoms with Gasteiger partial charge in [-0.1, -0.05) is 47.5 Å². The lowest BCUT2D eigenvalue weighted by atomic mass is 10.0. The summed E-state index contributed by atoms with van der Waals surface area (Å²) in [6.45, 7) is 13.1. The SMILES string of the molecule is CC(C)N1CCC(N)CC1.CC(C)N1CCC(NC(=O)Nc2c(C(=O)Nc3ccc(Cl)cn3)oc3ccccc23)CC1.Cl.Cl.Cl.Cl.Nc1c(C(=O)Nc2ccc(Cl)cn2)oc2ccccc12. The standard InChI is InChI=1S/C23H26ClN5O3.C14H10ClN3O2.C8H18N2.4ClH/c1-14(2)29-11-9-16(10-12-29)26-23(31)28-20-17-5-3-4-6-18(17)32-21(20)22(30)27-19-8-7-15(24)13-25-19;15-8-5-6-11(17-7-8)18-14(19)13-12(16)9-3-1-2-4-10(9)20-13;1-7(2)10-5-3-8(9)4-6-10;;;;/h3-8,13-14,16H,9-12H2,1-2H3,(H,25,27,30)(H2,26,28,31);1-7H,16H2,(H,17,18,19);7-8H,3-6,9H2,1-2H3;4*1H. The van der Waals surface area contributed by atoms with Crippen molar-refractivity contribution < 1.29 is 23.2 Å². The molecule has 66 heavy (non-hydrogen) atoms. The van der Waals surface area contributed by atoms with Crippen LogP contribution in [0.4, 0.5) is 27.8 Å². The number of nitrogens with two attached hydrogens (primary N) is 2. The van der Waals surface area contributed by atoms with Crippen LogP contribution in [0, 0.1) is 0 Å². The molecule has 0 radical (unpaired) electrons.